The summed E-state index contributed by atoms with van der Waals surface area (Å²) in [5.74, 6) is 1.59. The van der Waals surface area contributed by atoms with E-state index in [-0.39, 0.29) is 18.3 Å². The van der Waals surface area contributed by atoms with Crippen LogP contribution in [0.2, 0.25) is 0 Å². The lowest BCUT2D eigenvalue weighted by atomic mass is 10.1. The molecule has 0 saturated heterocycles. The van der Waals surface area contributed by atoms with Crippen LogP contribution in [0.1, 0.15) is 15.9 Å². The molecule has 4 rings (SSSR count). The highest BCUT2D eigenvalue weighted by Crippen LogP contribution is 2.24. The Kier molecular flexibility index (Phi) is 6.63. The summed E-state index contributed by atoms with van der Waals surface area (Å²) >= 11 is 0. The Labute approximate surface area is 187 Å². The SMILES string of the molecule is O=C(/C=C/c1ccc(OCOc2ccc(-c3ccc(O)cc3)cc2)cc1)c1ccccc1. The van der Waals surface area contributed by atoms with E-state index in [1.165, 1.54) is 0 Å². The molecule has 1 N–H and O–H groups in total. The number of carbonyl (C=O) groups excluding carboxylic acids is 1. The summed E-state index contributed by atoms with van der Waals surface area (Å²) < 4.78 is 11.3. The Balaban J connectivity index is 1.27. The lowest BCUT2D eigenvalue weighted by Gasteiger charge is -2.09. The first kappa shape index (κ1) is 20.9. The molecule has 0 aliphatic heterocycles. The molecule has 0 unspecified atom stereocenters. The van der Waals surface area contributed by atoms with Crippen molar-refractivity contribution in [3.8, 4) is 28.4 Å². The summed E-state index contributed by atoms with van der Waals surface area (Å²) in [5.41, 5.74) is 3.63. The molecular formula is C28H22O4. The van der Waals surface area contributed by atoms with E-state index in [1.54, 1.807) is 36.4 Å². The number of benzene rings is 4. The number of hydrogen-bond donors (Lipinski definition) is 1. The van der Waals surface area contributed by atoms with Gasteiger partial charge in [0, 0.05) is 5.56 Å². The molecule has 0 heterocycles. The van der Waals surface area contributed by atoms with E-state index >= 15 is 0 Å². The number of rotatable bonds is 8. The Bertz CT molecular complexity index is 1180. The first-order chi connectivity index (χ1) is 15.7. The second kappa shape index (κ2) is 10.1. The molecule has 158 valence electrons. The van der Waals surface area contributed by atoms with Crippen LogP contribution in [0.5, 0.6) is 17.2 Å². The summed E-state index contributed by atoms with van der Waals surface area (Å²) in [5, 5.41) is 9.39. The van der Waals surface area contributed by atoms with Crippen molar-refractivity contribution in [3.63, 3.8) is 0 Å². The smallest absolute Gasteiger partial charge is 0.230 e. The number of aromatic hydroxyl groups is 1. The van der Waals surface area contributed by atoms with Crippen molar-refractivity contribution < 1.29 is 19.4 Å². The Hall–Kier alpha value is -4.31. The summed E-state index contributed by atoms with van der Waals surface area (Å²) in [4.78, 5) is 12.1. The summed E-state index contributed by atoms with van der Waals surface area (Å²) in [6.07, 6.45) is 3.35. The third-order valence-corrected chi connectivity index (χ3v) is 4.87. The molecule has 0 aromatic heterocycles. The number of carbonyl (C=O) groups is 1. The zero-order valence-electron chi connectivity index (χ0n) is 17.3. The van der Waals surface area contributed by atoms with Gasteiger partial charge in [-0.15, -0.1) is 0 Å². The molecule has 4 heteroatoms. The molecular weight excluding hydrogens is 400 g/mol. The van der Waals surface area contributed by atoms with E-state index in [1.807, 2.05) is 78.9 Å². The van der Waals surface area contributed by atoms with Crippen LogP contribution < -0.4 is 9.47 Å². The topological polar surface area (TPSA) is 55.8 Å². The number of allylic oxidation sites excluding steroid dienone is 1. The van der Waals surface area contributed by atoms with E-state index < -0.39 is 0 Å². The quantitative estimate of drug-likeness (QED) is 0.204. The van der Waals surface area contributed by atoms with Crippen molar-refractivity contribution in [2.75, 3.05) is 6.79 Å². The normalized spacial score (nSPS) is 10.8. The number of hydrogen-bond acceptors (Lipinski definition) is 4. The molecule has 0 aliphatic carbocycles. The van der Waals surface area contributed by atoms with Crippen LogP contribution in [0.3, 0.4) is 0 Å². The largest absolute Gasteiger partial charge is 0.508 e. The van der Waals surface area contributed by atoms with Crippen LogP contribution >= 0.6 is 0 Å². The minimum atomic E-state index is -0.0317. The van der Waals surface area contributed by atoms with Gasteiger partial charge in [0.15, 0.2) is 5.78 Å². The van der Waals surface area contributed by atoms with Crippen molar-refractivity contribution in [1.29, 1.82) is 0 Å². The van der Waals surface area contributed by atoms with Crippen molar-refractivity contribution >= 4 is 11.9 Å². The van der Waals surface area contributed by atoms with E-state index in [9.17, 15) is 9.90 Å². The predicted molar refractivity (Wildman–Crippen MR) is 126 cm³/mol. The average Bonchev–Trinajstić information content (AvgIpc) is 2.85. The number of phenols is 1. The minimum Gasteiger partial charge on any atom is -0.508 e. The highest BCUT2D eigenvalue weighted by Gasteiger charge is 2.01. The van der Waals surface area contributed by atoms with Crippen LogP contribution in [-0.4, -0.2) is 17.7 Å². The molecule has 32 heavy (non-hydrogen) atoms. The first-order valence-electron chi connectivity index (χ1n) is 10.2. The fraction of sp³-hybridized carbons (Fsp3) is 0.0357. The van der Waals surface area contributed by atoms with Crippen molar-refractivity contribution in [2.45, 2.75) is 0 Å². The summed E-state index contributed by atoms with van der Waals surface area (Å²) in [7, 11) is 0. The molecule has 0 bridgehead atoms. The van der Waals surface area contributed by atoms with Gasteiger partial charge in [-0.1, -0.05) is 72.8 Å². The monoisotopic (exact) mass is 422 g/mol. The van der Waals surface area contributed by atoms with Gasteiger partial charge >= 0.3 is 0 Å². The Morgan fingerprint density at radius 2 is 1.22 bits per heavy atom. The molecule has 0 amide bonds. The predicted octanol–water partition coefficient (Wildman–Crippen LogP) is 6.37. The van der Waals surface area contributed by atoms with Gasteiger partial charge in [-0.25, -0.2) is 0 Å². The van der Waals surface area contributed by atoms with Gasteiger partial charge in [0.05, 0.1) is 0 Å². The van der Waals surface area contributed by atoms with E-state index in [2.05, 4.69) is 0 Å². The Morgan fingerprint density at radius 3 is 1.81 bits per heavy atom. The van der Waals surface area contributed by atoms with Gasteiger partial charge < -0.3 is 14.6 Å². The molecule has 0 radical (unpaired) electrons. The molecule has 4 aromatic rings. The van der Waals surface area contributed by atoms with Crippen LogP contribution in [0, 0.1) is 0 Å². The number of ether oxygens (including phenoxy) is 2. The fourth-order valence-electron chi connectivity index (χ4n) is 3.11. The van der Waals surface area contributed by atoms with Gasteiger partial charge in [0.1, 0.15) is 17.2 Å². The van der Waals surface area contributed by atoms with E-state index in [0.717, 1.165) is 16.7 Å². The van der Waals surface area contributed by atoms with Gasteiger partial charge in [-0.05, 0) is 59.2 Å². The molecule has 4 nitrogen and oxygen atoms in total. The van der Waals surface area contributed by atoms with Gasteiger partial charge in [0.25, 0.3) is 0 Å². The fourth-order valence-corrected chi connectivity index (χ4v) is 3.11. The summed E-state index contributed by atoms with van der Waals surface area (Å²) in [6.45, 7) is 0.0836. The zero-order chi connectivity index (χ0) is 22.2. The zero-order valence-corrected chi connectivity index (χ0v) is 17.3. The second-order valence-corrected chi connectivity index (χ2v) is 7.11. The second-order valence-electron chi connectivity index (χ2n) is 7.11. The molecule has 0 aliphatic rings. The van der Waals surface area contributed by atoms with Crippen LogP contribution in [0.4, 0.5) is 0 Å². The maximum atomic E-state index is 12.1. The lowest BCUT2D eigenvalue weighted by Crippen LogP contribution is -2.05. The van der Waals surface area contributed by atoms with Gasteiger partial charge in [0.2, 0.25) is 6.79 Å². The van der Waals surface area contributed by atoms with E-state index in [4.69, 9.17) is 9.47 Å². The van der Waals surface area contributed by atoms with Gasteiger partial charge in [-0.2, -0.15) is 0 Å². The molecule has 0 saturated carbocycles. The maximum absolute atomic E-state index is 12.1. The average molecular weight is 422 g/mol. The number of ketones is 1. The Morgan fingerprint density at radius 1 is 0.688 bits per heavy atom. The van der Waals surface area contributed by atoms with Crippen molar-refractivity contribution in [1.82, 2.24) is 0 Å². The van der Waals surface area contributed by atoms with Crippen LogP contribution in [0.15, 0.2) is 109 Å². The summed E-state index contributed by atoms with van der Waals surface area (Å²) in [6, 6.07) is 31.3. The molecule has 0 atom stereocenters. The van der Waals surface area contributed by atoms with E-state index in [0.29, 0.717) is 17.1 Å². The van der Waals surface area contributed by atoms with Crippen LogP contribution in [0.25, 0.3) is 17.2 Å². The minimum absolute atomic E-state index is 0.0317. The molecule has 4 aromatic carbocycles. The standard InChI is InChI=1S/C28H22O4/c29-25-13-9-22(10-14-25)23-11-17-27(18-12-23)32-20-31-26-15-6-21(7-16-26)8-19-28(30)24-4-2-1-3-5-24/h1-19,29H,20H2/b19-8+. The highest BCUT2D eigenvalue weighted by molar-refractivity contribution is 6.06. The third kappa shape index (κ3) is 5.64. The number of phenolic OH excluding ortho intramolecular Hbond substituents is 1. The first-order valence-corrected chi connectivity index (χ1v) is 10.2. The van der Waals surface area contributed by atoms with Crippen LogP contribution in [-0.2, 0) is 0 Å². The van der Waals surface area contributed by atoms with Crippen molar-refractivity contribution in [2.24, 2.45) is 0 Å². The third-order valence-electron chi connectivity index (χ3n) is 4.87. The van der Waals surface area contributed by atoms with Gasteiger partial charge in [-0.3, -0.25) is 4.79 Å². The van der Waals surface area contributed by atoms with Crippen molar-refractivity contribution in [3.05, 3.63) is 120 Å². The molecule has 0 fully saturated rings. The highest BCUT2D eigenvalue weighted by atomic mass is 16.7. The lowest BCUT2D eigenvalue weighted by molar-refractivity contribution is 0.104. The maximum Gasteiger partial charge on any atom is 0.230 e. The molecule has 0 spiro atoms.